The second kappa shape index (κ2) is 8.71. The lowest BCUT2D eigenvalue weighted by molar-refractivity contribution is -0.115. The van der Waals surface area contributed by atoms with E-state index in [0.717, 1.165) is 16.8 Å². The Kier molecular flexibility index (Phi) is 6.31. The normalized spacial score (nSPS) is 16.7. The Bertz CT molecular complexity index is 970. The third-order valence-electron chi connectivity index (χ3n) is 3.89. The molecule has 0 saturated carbocycles. The number of nitrogens with one attached hydrogen (secondary N) is 1. The Morgan fingerprint density at radius 1 is 1.25 bits per heavy atom. The molecule has 0 bridgehead atoms. The summed E-state index contributed by atoms with van der Waals surface area (Å²) in [4.78, 5) is 17.4. The first-order chi connectivity index (χ1) is 13.4. The number of ether oxygens (including phenoxy) is 2. The number of carbonyl (C=O) groups is 1. The van der Waals surface area contributed by atoms with Gasteiger partial charge in [0, 0.05) is 0 Å². The van der Waals surface area contributed by atoms with E-state index in [-0.39, 0.29) is 12.0 Å². The van der Waals surface area contributed by atoms with Gasteiger partial charge in [-0.15, -0.1) is 0 Å². The van der Waals surface area contributed by atoms with Gasteiger partial charge in [-0.25, -0.2) is 4.99 Å². The standard InChI is InChI=1S/C21H21ClN2O3S/c1-12(2)27-19-15(22)9-14(10-17(19)26-4)11-18-20(25)24-21(28-18)23-16-8-6-5-7-13(16)3/h5-12H,1-4H3,(H,23,24,25). The fraction of sp³-hybridized carbons (Fsp3) is 0.238. The monoisotopic (exact) mass is 416 g/mol. The predicted molar refractivity (Wildman–Crippen MR) is 116 cm³/mol. The van der Waals surface area contributed by atoms with E-state index in [4.69, 9.17) is 21.1 Å². The lowest BCUT2D eigenvalue weighted by Crippen LogP contribution is -2.19. The molecule has 1 saturated heterocycles. The lowest BCUT2D eigenvalue weighted by atomic mass is 10.1. The molecular weight excluding hydrogens is 396 g/mol. The lowest BCUT2D eigenvalue weighted by Gasteiger charge is -2.15. The van der Waals surface area contributed by atoms with Crippen molar-refractivity contribution in [1.29, 1.82) is 0 Å². The quantitative estimate of drug-likeness (QED) is 0.668. The third-order valence-corrected chi connectivity index (χ3v) is 5.08. The van der Waals surface area contributed by atoms with Crippen LogP contribution in [0, 0.1) is 6.92 Å². The summed E-state index contributed by atoms with van der Waals surface area (Å²) in [6, 6.07) is 11.3. The molecule has 1 amide bonds. The minimum Gasteiger partial charge on any atom is -0.493 e. The largest absolute Gasteiger partial charge is 0.493 e. The van der Waals surface area contributed by atoms with Crippen molar-refractivity contribution >= 4 is 46.2 Å². The zero-order chi connectivity index (χ0) is 20.3. The smallest absolute Gasteiger partial charge is 0.264 e. The van der Waals surface area contributed by atoms with E-state index in [1.54, 1.807) is 25.3 Å². The molecule has 2 aromatic rings. The van der Waals surface area contributed by atoms with Crippen LogP contribution in [0.25, 0.3) is 6.08 Å². The number of amidine groups is 1. The highest BCUT2D eigenvalue weighted by Gasteiger charge is 2.24. The summed E-state index contributed by atoms with van der Waals surface area (Å²) < 4.78 is 11.1. The summed E-state index contributed by atoms with van der Waals surface area (Å²) in [5.74, 6) is 0.812. The number of thioether (sulfide) groups is 1. The van der Waals surface area contributed by atoms with Crippen molar-refractivity contribution in [2.24, 2.45) is 4.99 Å². The van der Waals surface area contributed by atoms with E-state index in [0.29, 0.717) is 26.6 Å². The number of carbonyl (C=O) groups excluding carboxylic acids is 1. The number of methoxy groups -OCH3 is 1. The number of amides is 1. The molecule has 7 heteroatoms. The van der Waals surface area contributed by atoms with Crippen LogP contribution in [0.4, 0.5) is 5.69 Å². The topological polar surface area (TPSA) is 59.9 Å². The van der Waals surface area contributed by atoms with Crippen molar-refractivity contribution in [1.82, 2.24) is 5.32 Å². The van der Waals surface area contributed by atoms with Gasteiger partial charge in [0.05, 0.1) is 28.8 Å². The van der Waals surface area contributed by atoms with Gasteiger partial charge in [-0.3, -0.25) is 4.79 Å². The maximum atomic E-state index is 12.3. The average Bonchev–Trinajstić information content (AvgIpc) is 2.98. The Labute approximate surface area is 173 Å². The van der Waals surface area contributed by atoms with Crippen LogP contribution in [-0.4, -0.2) is 24.3 Å². The fourth-order valence-electron chi connectivity index (χ4n) is 2.60. The number of benzene rings is 2. The van der Waals surface area contributed by atoms with Crippen LogP contribution >= 0.6 is 23.4 Å². The van der Waals surface area contributed by atoms with Crippen molar-refractivity contribution in [3.05, 3.63) is 57.5 Å². The highest BCUT2D eigenvalue weighted by atomic mass is 35.5. The van der Waals surface area contributed by atoms with Gasteiger partial charge in [-0.1, -0.05) is 29.8 Å². The number of aliphatic imine (C=N–C) groups is 1. The minimum absolute atomic E-state index is 0.0352. The number of aryl methyl sites for hydroxylation is 1. The van der Waals surface area contributed by atoms with Crippen molar-refractivity contribution in [3.63, 3.8) is 0 Å². The summed E-state index contributed by atoms with van der Waals surface area (Å²) in [6.45, 7) is 5.81. The molecule has 0 aromatic heterocycles. The van der Waals surface area contributed by atoms with Crippen LogP contribution in [-0.2, 0) is 4.79 Å². The number of nitrogens with zero attached hydrogens (tertiary/aromatic N) is 1. The fourth-order valence-corrected chi connectivity index (χ4v) is 3.70. The van der Waals surface area contributed by atoms with Crippen LogP contribution in [0.5, 0.6) is 11.5 Å². The first-order valence-corrected chi connectivity index (χ1v) is 9.96. The Morgan fingerprint density at radius 2 is 2.00 bits per heavy atom. The van der Waals surface area contributed by atoms with Crippen LogP contribution in [0.3, 0.4) is 0 Å². The maximum absolute atomic E-state index is 12.3. The molecule has 0 unspecified atom stereocenters. The van der Waals surface area contributed by atoms with Gasteiger partial charge in [0.2, 0.25) is 0 Å². The molecule has 146 valence electrons. The summed E-state index contributed by atoms with van der Waals surface area (Å²) >= 11 is 7.65. The molecule has 1 heterocycles. The molecule has 1 aliphatic rings. The second-order valence-electron chi connectivity index (χ2n) is 6.47. The van der Waals surface area contributed by atoms with Gasteiger partial charge in [-0.2, -0.15) is 0 Å². The average molecular weight is 417 g/mol. The van der Waals surface area contributed by atoms with Crippen molar-refractivity contribution in [2.75, 3.05) is 7.11 Å². The molecule has 0 aliphatic carbocycles. The molecule has 28 heavy (non-hydrogen) atoms. The predicted octanol–water partition coefficient (Wildman–Crippen LogP) is 5.34. The van der Waals surface area contributed by atoms with Gasteiger partial charge < -0.3 is 14.8 Å². The summed E-state index contributed by atoms with van der Waals surface area (Å²) in [6.07, 6.45) is 1.72. The molecule has 1 aliphatic heterocycles. The van der Waals surface area contributed by atoms with Gasteiger partial charge in [0.15, 0.2) is 16.7 Å². The van der Waals surface area contributed by atoms with Crippen LogP contribution in [0.15, 0.2) is 46.3 Å². The van der Waals surface area contributed by atoms with E-state index in [9.17, 15) is 4.79 Å². The summed E-state index contributed by atoms with van der Waals surface area (Å²) in [7, 11) is 1.56. The zero-order valence-corrected chi connectivity index (χ0v) is 17.6. The van der Waals surface area contributed by atoms with E-state index >= 15 is 0 Å². The number of halogens is 1. The molecular formula is C21H21ClN2O3S. The molecule has 5 nitrogen and oxygen atoms in total. The van der Waals surface area contributed by atoms with E-state index in [2.05, 4.69) is 10.3 Å². The minimum atomic E-state index is -0.199. The number of rotatable bonds is 5. The van der Waals surface area contributed by atoms with Crippen LogP contribution < -0.4 is 14.8 Å². The Morgan fingerprint density at radius 3 is 2.68 bits per heavy atom. The summed E-state index contributed by atoms with van der Waals surface area (Å²) in [5, 5.41) is 3.77. The second-order valence-corrected chi connectivity index (χ2v) is 7.91. The SMILES string of the molecule is COc1cc(C=C2SC(=Nc3ccccc3C)NC2=O)cc(Cl)c1OC(C)C. The van der Waals surface area contributed by atoms with E-state index < -0.39 is 0 Å². The first-order valence-electron chi connectivity index (χ1n) is 8.76. The van der Waals surface area contributed by atoms with Gasteiger partial charge in [0.1, 0.15) is 0 Å². The summed E-state index contributed by atoms with van der Waals surface area (Å²) in [5.41, 5.74) is 2.61. The van der Waals surface area contributed by atoms with E-state index in [1.165, 1.54) is 11.8 Å². The Hall–Kier alpha value is -2.44. The molecule has 1 fully saturated rings. The first kappa shape index (κ1) is 20.3. The highest BCUT2D eigenvalue weighted by Crippen LogP contribution is 2.38. The van der Waals surface area contributed by atoms with Gasteiger partial charge in [0.25, 0.3) is 5.91 Å². The number of para-hydroxylation sites is 1. The van der Waals surface area contributed by atoms with Gasteiger partial charge in [-0.05, 0) is 67.9 Å². The highest BCUT2D eigenvalue weighted by molar-refractivity contribution is 8.18. The van der Waals surface area contributed by atoms with Crippen molar-refractivity contribution < 1.29 is 14.3 Å². The maximum Gasteiger partial charge on any atom is 0.264 e. The molecule has 0 spiro atoms. The van der Waals surface area contributed by atoms with E-state index in [1.807, 2.05) is 45.0 Å². The molecule has 3 rings (SSSR count). The molecule has 0 radical (unpaired) electrons. The third kappa shape index (κ3) is 4.69. The number of hydrogen-bond donors (Lipinski definition) is 1. The van der Waals surface area contributed by atoms with Crippen molar-refractivity contribution in [3.8, 4) is 11.5 Å². The molecule has 2 aromatic carbocycles. The Balaban J connectivity index is 1.88. The van der Waals surface area contributed by atoms with Crippen LogP contribution in [0.2, 0.25) is 5.02 Å². The molecule has 0 atom stereocenters. The zero-order valence-electron chi connectivity index (χ0n) is 16.1. The van der Waals surface area contributed by atoms with Crippen LogP contribution in [0.1, 0.15) is 25.0 Å². The van der Waals surface area contributed by atoms with Crippen molar-refractivity contribution in [2.45, 2.75) is 26.9 Å². The number of hydrogen-bond acceptors (Lipinski definition) is 5. The molecule has 1 N–H and O–H groups in total. The van der Waals surface area contributed by atoms with Gasteiger partial charge >= 0.3 is 0 Å².